The third-order valence-corrected chi connectivity index (χ3v) is 2.90. The van der Waals surface area contributed by atoms with E-state index in [1.54, 1.807) is 0 Å². The summed E-state index contributed by atoms with van der Waals surface area (Å²) in [6, 6.07) is 0. The molecule has 0 aromatic heterocycles. The van der Waals surface area contributed by atoms with Gasteiger partial charge in [-0.05, 0) is 0 Å². The Morgan fingerprint density at radius 1 is 1.57 bits per heavy atom. The summed E-state index contributed by atoms with van der Waals surface area (Å²) in [5.74, 6) is 0. The van der Waals surface area contributed by atoms with E-state index < -0.39 is 0 Å². The van der Waals surface area contributed by atoms with E-state index in [1.165, 1.54) is 4.55 Å². The summed E-state index contributed by atoms with van der Waals surface area (Å²) < 4.78 is 3.45. The van der Waals surface area contributed by atoms with Gasteiger partial charge >= 0.3 is 55.6 Å². The van der Waals surface area contributed by atoms with Crippen LogP contribution in [0, 0.1) is 0 Å². The second-order valence-electron chi connectivity index (χ2n) is 1.39. The van der Waals surface area contributed by atoms with Crippen LogP contribution in [-0.2, 0) is 0 Å². The maximum absolute atomic E-state index is 3.11. The fourth-order valence-electron chi connectivity index (χ4n) is 0.179. The molecular weight excluding hydrogens is 203 g/mol. The standard InChI is InChI=1S/C4H12IN2/c1-6-4-5-7(2)3/h6H,4H2,1-3H3/q-1. The Labute approximate surface area is 55.9 Å². The summed E-state index contributed by atoms with van der Waals surface area (Å²) in [6.45, 7) is 0. The van der Waals surface area contributed by atoms with E-state index in [0.29, 0.717) is 0 Å². The number of nitrogens with zero attached hydrogens (tertiary/aromatic N) is 1. The second kappa shape index (κ2) is 4.80. The van der Waals surface area contributed by atoms with Gasteiger partial charge in [0.2, 0.25) is 0 Å². The fourth-order valence-corrected chi connectivity index (χ4v) is 1.20. The van der Waals surface area contributed by atoms with Gasteiger partial charge in [0.25, 0.3) is 0 Å². The zero-order chi connectivity index (χ0) is 5.70. The van der Waals surface area contributed by atoms with Crippen LogP contribution in [0.1, 0.15) is 0 Å². The summed E-state index contributed by atoms with van der Waals surface area (Å²) in [5.41, 5.74) is 0. The molecule has 0 aliphatic rings. The Kier molecular flexibility index (Phi) is 5.25. The first-order valence-electron chi connectivity index (χ1n) is 2.18. The van der Waals surface area contributed by atoms with Gasteiger partial charge in [0.15, 0.2) is 0 Å². The van der Waals surface area contributed by atoms with Gasteiger partial charge in [0.05, 0.1) is 0 Å². The van der Waals surface area contributed by atoms with Crippen LogP contribution < -0.4 is 26.8 Å². The van der Waals surface area contributed by atoms with E-state index in [1.807, 2.05) is 7.05 Å². The van der Waals surface area contributed by atoms with Crippen LogP contribution in [0.5, 0.6) is 0 Å². The monoisotopic (exact) mass is 215 g/mol. The summed E-state index contributed by atoms with van der Waals surface area (Å²) >= 11 is 0.287. The van der Waals surface area contributed by atoms with E-state index in [0.717, 1.165) is 0 Å². The van der Waals surface area contributed by atoms with Crippen molar-refractivity contribution in [1.29, 1.82) is 0 Å². The Morgan fingerprint density at radius 3 is 2.29 bits per heavy atom. The molecule has 0 fully saturated rings. The van der Waals surface area contributed by atoms with Gasteiger partial charge in [-0.1, -0.05) is 0 Å². The average molecular weight is 215 g/mol. The molecule has 7 heavy (non-hydrogen) atoms. The van der Waals surface area contributed by atoms with Crippen molar-refractivity contribution in [3.63, 3.8) is 0 Å². The SMILES string of the molecule is CNC[I-]N(C)C. The first kappa shape index (κ1) is 7.65. The van der Waals surface area contributed by atoms with Crippen LogP contribution in [0.3, 0.4) is 0 Å². The molecule has 0 saturated heterocycles. The molecule has 0 aliphatic carbocycles. The van der Waals surface area contributed by atoms with Gasteiger partial charge in [-0.3, -0.25) is 0 Å². The molecule has 1 N–H and O–H groups in total. The Balaban J connectivity index is 2.68. The Bertz CT molecular complexity index is 38.7. The third-order valence-electron chi connectivity index (χ3n) is 0.432. The topological polar surface area (TPSA) is 15.3 Å². The second-order valence-corrected chi connectivity index (χ2v) is 4.77. The molecule has 0 saturated carbocycles. The number of hydrogen-bond acceptors (Lipinski definition) is 2. The minimum atomic E-state index is 0.287. The molecule has 0 spiro atoms. The molecule has 0 aromatic rings. The molecule has 3 heteroatoms. The van der Waals surface area contributed by atoms with Crippen molar-refractivity contribution in [2.45, 2.75) is 0 Å². The van der Waals surface area contributed by atoms with Crippen molar-refractivity contribution in [2.24, 2.45) is 0 Å². The van der Waals surface area contributed by atoms with Crippen molar-refractivity contribution in [1.82, 2.24) is 8.43 Å². The minimum absolute atomic E-state index is 0.287. The van der Waals surface area contributed by atoms with E-state index in [2.05, 4.69) is 22.5 Å². The van der Waals surface area contributed by atoms with Crippen LogP contribution in [-0.4, -0.2) is 28.8 Å². The molecule has 2 nitrogen and oxygen atoms in total. The fraction of sp³-hybridized carbons (Fsp3) is 1.00. The summed E-state index contributed by atoms with van der Waals surface area (Å²) in [4.78, 5) is 0. The van der Waals surface area contributed by atoms with E-state index in [9.17, 15) is 0 Å². The number of rotatable bonds is 3. The van der Waals surface area contributed by atoms with Gasteiger partial charge in [-0.2, -0.15) is 0 Å². The van der Waals surface area contributed by atoms with Crippen molar-refractivity contribution in [3.8, 4) is 0 Å². The number of halogens is 1. The normalized spacial score (nSPS) is 10.9. The van der Waals surface area contributed by atoms with Crippen LogP contribution in [0.2, 0.25) is 0 Å². The van der Waals surface area contributed by atoms with E-state index in [-0.39, 0.29) is 21.5 Å². The molecule has 0 bridgehead atoms. The molecule has 46 valence electrons. The number of nitrogens with one attached hydrogen (secondary N) is 1. The van der Waals surface area contributed by atoms with Gasteiger partial charge in [0.1, 0.15) is 0 Å². The van der Waals surface area contributed by atoms with Gasteiger partial charge in [-0.15, -0.1) is 0 Å². The third kappa shape index (κ3) is 6.65. The molecule has 0 rings (SSSR count). The maximum atomic E-state index is 3.11. The number of hydrogen-bond donors (Lipinski definition) is 1. The van der Waals surface area contributed by atoms with Crippen molar-refractivity contribution in [2.75, 3.05) is 25.7 Å². The molecule has 0 aromatic carbocycles. The predicted molar refractivity (Wildman–Crippen MR) is 27.6 cm³/mol. The van der Waals surface area contributed by atoms with Crippen molar-refractivity contribution < 1.29 is 21.5 Å². The quantitative estimate of drug-likeness (QED) is 0.230. The number of alkyl halides is 1. The van der Waals surface area contributed by atoms with E-state index in [4.69, 9.17) is 0 Å². The molecule has 0 radical (unpaired) electrons. The molecule has 0 aliphatic heterocycles. The zero-order valence-corrected chi connectivity index (χ0v) is 7.19. The van der Waals surface area contributed by atoms with Crippen LogP contribution >= 0.6 is 0 Å². The average Bonchev–Trinajstić information content (AvgIpc) is 1.61. The first-order valence-corrected chi connectivity index (χ1v) is 4.67. The summed E-state index contributed by atoms with van der Waals surface area (Å²) in [5, 5.41) is 3.11. The summed E-state index contributed by atoms with van der Waals surface area (Å²) in [7, 11) is 6.22. The molecule has 0 atom stereocenters. The van der Waals surface area contributed by atoms with Gasteiger partial charge < -0.3 is 0 Å². The molecule has 0 heterocycles. The van der Waals surface area contributed by atoms with Crippen LogP contribution in [0.4, 0.5) is 0 Å². The molecule has 0 amide bonds. The summed E-state index contributed by atoms with van der Waals surface area (Å²) in [6.07, 6.45) is 0. The first-order chi connectivity index (χ1) is 3.27. The van der Waals surface area contributed by atoms with Crippen molar-refractivity contribution >= 4 is 0 Å². The van der Waals surface area contributed by atoms with Crippen LogP contribution in [0.25, 0.3) is 0 Å². The zero-order valence-electron chi connectivity index (χ0n) is 5.03. The van der Waals surface area contributed by atoms with Gasteiger partial charge in [-0.25, -0.2) is 0 Å². The van der Waals surface area contributed by atoms with Crippen molar-refractivity contribution in [3.05, 3.63) is 0 Å². The molecule has 0 unspecified atom stereocenters. The predicted octanol–water partition coefficient (Wildman–Crippen LogP) is -3.27. The van der Waals surface area contributed by atoms with Crippen LogP contribution in [0.15, 0.2) is 0 Å². The Hall–Kier alpha value is 0.650. The van der Waals surface area contributed by atoms with Gasteiger partial charge in [0, 0.05) is 0 Å². The Morgan fingerprint density at radius 2 is 2.14 bits per heavy atom. The molecular formula is C4H12IN2-. The van der Waals surface area contributed by atoms with E-state index >= 15 is 0 Å².